The van der Waals surface area contributed by atoms with E-state index in [4.69, 9.17) is 4.74 Å². The molecule has 0 bridgehead atoms. The lowest BCUT2D eigenvalue weighted by atomic mass is 10.3. The van der Waals surface area contributed by atoms with E-state index in [1.165, 1.54) is 6.33 Å². The minimum absolute atomic E-state index is 0.0567. The molecule has 2 rings (SSSR count). The Balaban J connectivity index is 2.11. The van der Waals surface area contributed by atoms with E-state index < -0.39 is 0 Å². The van der Waals surface area contributed by atoms with Crippen LogP contribution in [0.5, 0.6) is 5.88 Å². The predicted molar refractivity (Wildman–Crippen MR) is 65.6 cm³/mol. The molecular weight excluding hydrogens is 240 g/mol. The highest BCUT2D eigenvalue weighted by Gasteiger charge is 2.06. The number of aromatic amines is 1. The summed E-state index contributed by atoms with van der Waals surface area (Å²) in [6.07, 6.45) is 1.44. The topological polar surface area (TPSA) is 79.9 Å². The number of hydrogen-bond donors (Lipinski definition) is 2. The van der Waals surface area contributed by atoms with E-state index in [9.17, 15) is 4.79 Å². The van der Waals surface area contributed by atoms with Crippen molar-refractivity contribution in [2.75, 3.05) is 12.4 Å². The smallest absolute Gasteiger partial charge is 0.304 e. The zero-order valence-electron chi connectivity index (χ0n) is 9.48. The van der Waals surface area contributed by atoms with Gasteiger partial charge in [0.1, 0.15) is 12.1 Å². The molecule has 6 nitrogen and oxygen atoms in total. The molecule has 2 heterocycles. The van der Waals surface area contributed by atoms with Crippen LogP contribution >= 0.6 is 11.3 Å². The van der Waals surface area contributed by atoms with Crippen LogP contribution < -0.4 is 14.9 Å². The highest BCUT2D eigenvalue weighted by molar-refractivity contribution is 7.07. The Kier molecular flexibility index (Phi) is 3.38. The summed E-state index contributed by atoms with van der Waals surface area (Å²) >= 11 is 1.14. The lowest BCUT2D eigenvalue weighted by Crippen LogP contribution is -2.06. The number of methoxy groups -OCH3 is 1. The monoisotopic (exact) mass is 252 g/mol. The first kappa shape index (κ1) is 11.6. The van der Waals surface area contributed by atoms with Gasteiger partial charge in [-0.25, -0.2) is 9.97 Å². The molecule has 0 spiro atoms. The van der Waals surface area contributed by atoms with E-state index in [-0.39, 0.29) is 4.87 Å². The van der Waals surface area contributed by atoms with Crippen LogP contribution in [0, 0.1) is 6.92 Å². The summed E-state index contributed by atoms with van der Waals surface area (Å²) in [5, 5.41) is 4.90. The third-order valence-electron chi connectivity index (χ3n) is 2.25. The fraction of sp³-hybridized carbons (Fsp3) is 0.300. The number of ether oxygens (including phenoxy) is 1. The molecule has 0 aliphatic heterocycles. The minimum atomic E-state index is -0.0567. The summed E-state index contributed by atoms with van der Waals surface area (Å²) in [4.78, 5) is 21.7. The molecule has 17 heavy (non-hydrogen) atoms. The summed E-state index contributed by atoms with van der Waals surface area (Å²) in [6.45, 7) is 2.39. The van der Waals surface area contributed by atoms with Crippen LogP contribution in [0.2, 0.25) is 0 Å². The van der Waals surface area contributed by atoms with Crippen molar-refractivity contribution in [1.82, 2.24) is 15.0 Å². The average molecular weight is 252 g/mol. The largest absolute Gasteiger partial charge is 0.481 e. The van der Waals surface area contributed by atoms with E-state index in [0.29, 0.717) is 18.2 Å². The Bertz CT molecular complexity index is 563. The van der Waals surface area contributed by atoms with Gasteiger partial charge in [0, 0.05) is 11.1 Å². The van der Waals surface area contributed by atoms with E-state index >= 15 is 0 Å². The summed E-state index contributed by atoms with van der Waals surface area (Å²) in [7, 11) is 1.56. The van der Waals surface area contributed by atoms with E-state index in [0.717, 1.165) is 22.6 Å². The Morgan fingerprint density at radius 1 is 1.53 bits per heavy atom. The summed E-state index contributed by atoms with van der Waals surface area (Å²) < 4.78 is 5.09. The lowest BCUT2D eigenvalue weighted by Gasteiger charge is -2.09. The molecular formula is C10H12N4O2S. The van der Waals surface area contributed by atoms with Crippen LogP contribution in [-0.4, -0.2) is 22.1 Å². The number of nitrogens with one attached hydrogen (secondary N) is 2. The van der Waals surface area contributed by atoms with Gasteiger partial charge in [0.25, 0.3) is 0 Å². The van der Waals surface area contributed by atoms with Crippen molar-refractivity contribution in [2.45, 2.75) is 13.5 Å². The molecule has 0 aromatic carbocycles. The molecule has 0 saturated heterocycles. The van der Waals surface area contributed by atoms with Crippen molar-refractivity contribution in [1.29, 1.82) is 0 Å². The Hall–Kier alpha value is -1.89. The molecule has 0 amide bonds. The third kappa shape index (κ3) is 2.62. The van der Waals surface area contributed by atoms with Crippen molar-refractivity contribution in [2.24, 2.45) is 0 Å². The van der Waals surface area contributed by atoms with E-state index in [2.05, 4.69) is 20.3 Å². The van der Waals surface area contributed by atoms with Crippen LogP contribution in [0.25, 0.3) is 0 Å². The second kappa shape index (κ2) is 4.96. The maximum Gasteiger partial charge on any atom is 0.304 e. The van der Waals surface area contributed by atoms with Crippen LogP contribution in [0.15, 0.2) is 16.5 Å². The Morgan fingerprint density at radius 3 is 3.00 bits per heavy atom. The number of aromatic nitrogens is 3. The molecule has 0 atom stereocenters. The second-order valence-electron chi connectivity index (χ2n) is 3.38. The summed E-state index contributed by atoms with van der Waals surface area (Å²) in [5.41, 5.74) is 1.67. The molecule has 2 N–H and O–H groups in total. The molecule has 0 unspecified atom stereocenters. The lowest BCUT2D eigenvalue weighted by molar-refractivity contribution is 0.393. The maximum atomic E-state index is 11.0. The number of rotatable bonds is 4. The minimum Gasteiger partial charge on any atom is -0.481 e. The average Bonchev–Trinajstić information content (AvgIpc) is 2.74. The molecule has 2 aromatic heterocycles. The van der Waals surface area contributed by atoms with Crippen molar-refractivity contribution < 1.29 is 4.74 Å². The van der Waals surface area contributed by atoms with Crippen LogP contribution in [0.3, 0.4) is 0 Å². The number of nitrogens with zero attached hydrogens (tertiary/aromatic N) is 2. The first-order chi connectivity index (χ1) is 8.20. The highest BCUT2D eigenvalue weighted by atomic mass is 32.1. The fourth-order valence-electron chi connectivity index (χ4n) is 1.40. The molecule has 2 aromatic rings. The van der Waals surface area contributed by atoms with Gasteiger partial charge in [-0.05, 0) is 6.92 Å². The van der Waals surface area contributed by atoms with Crippen LogP contribution in [0.4, 0.5) is 5.82 Å². The van der Waals surface area contributed by atoms with Gasteiger partial charge < -0.3 is 15.0 Å². The highest BCUT2D eigenvalue weighted by Crippen LogP contribution is 2.19. The number of hydrogen-bond acceptors (Lipinski definition) is 6. The SMILES string of the molecule is COc1ncnc(NCc2csc(=O)[nH]2)c1C. The molecule has 0 fully saturated rings. The van der Waals surface area contributed by atoms with Crippen LogP contribution in [-0.2, 0) is 6.54 Å². The van der Waals surface area contributed by atoms with Crippen molar-refractivity contribution in [3.8, 4) is 5.88 Å². The van der Waals surface area contributed by atoms with Gasteiger partial charge in [0.15, 0.2) is 0 Å². The summed E-state index contributed by atoms with van der Waals surface area (Å²) in [6, 6.07) is 0. The normalized spacial score (nSPS) is 10.2. The first-order valence-electron chi connectivity index (χ1n) is 4.97. The zero-order chi connectivity index (χ0) is 12.3. The second-order valence-corrected chi connectivity index (χ2v) is 4.23. The van der Waals surface area contributed by atoms with Gasteiger partial charge >= 0.3 is 4.87 Å². The Labute approximate surface area is 102 Å². The van der Waals surface area contributed by atoms with E-state index in [1.54, 1.807) is 12.5 Å². The van der Waals surface area contributed by atoms with Crippen molar-refractivity contribution >= 4 is 17.2 Å². The number of H-pyrrole nitrogens is 1. The van der Waals surface area contributed by atoms with Crippen molar-refractivity contribution in [3.63, 3.8) is 0 Å². The standard InChI is InChI=1S/C10H12N4O2S/c1-6-8(12-5-13-9(6)16-2)11-3-7-4-17-10(15)14-7/h4-5H,3H2,1-2H3,(H,14,15)(H,11,12,13). The van der Waals surface area contributed by atoms with Crippen molar-refractivity contribution in [3.05, 3.63) is 32.6 Å². The zero-order valence-corrected chi connectivity index (χ0v) is 10.3. The van der Waals surface area contributed by atoms with Crippen LogP contribution in [0.1, 0.15) is 11.3 Å². The Morgan fingerprint density at radius 2 is 2.35 bits per heavy atom. The predicted octanol–water partition coefficient (Wildman–Crippen LogP) is 1.16. The van der Waals surface area contributed by atoms with Gasteiger partial charge in [-0.1, -0.05) is 11.3 Å². The van der Waals surface area contributed by atoms with E-state index in [1.807, 2.05) is 6.92 Å². The molecule has 90 valence electrons. The molecule has 0 aliphatic carbocycles. The van der Waals surface area contributed by atoms with Gasteiger partial charge in [0.05, 0.1) is 19.2 Å². The molecule has 0 saturated carbocycles. The number of thiazole rings is 1. The molecule has 7 heteroatoms. The molecule has 0 radical (unpaired) electrons. The molecule has 0 aliphatic rings. The van der Waals surface area contributed by atoms with Gasteiger partial charge in [-0.2, -0.15) is 0 Å². The van der Waals surface area contributed by atoms with Gasteiger partial charge in [0.2, 0.25) is 5.88 Å². The third-order valence-corrected chi connectivity index (χ3v) is 2.97. The van der Waals surface area contributed by atoms with Gasteiger partial charge in [-0.15, -0.1) is 0 Å². The first-order valence-corrected chi connectivity index (χ1v) is 5.85. The maximum absolute atomic E-state index is 11.0. The quantitative estimate of drug-likeness (QED) is 0.853. The van der Waals surface area contributed by atoms with Gasteiger partial charge in [-0.3, -0.25) is 4.79 Å². The number of anilines is 1. The summed E-state index contributed by atoms with van der Waals surface area (Å²) in [5.74, 6) is 1.24. The fourth-order valence-corrected chi connectivity index (χ4v) is 1.98.